The van der Waals surface area contributed by atoms with Gasteiger partial charge in [0.15, 0.2) is 0 Å². The van der Waals surface area contributed by atoms with Gasteiger partial charge in [0.1, 0.15) is 6.61 Å². The van der Waals surface area contributed by atoms with Gasteiger partial charge in [-0.2, -0.15) is 0 Å². The van der Waals surface area contributed by atoms with E-state index >= 15 is 0 Å². The van der Waals surface area contributed by atoms with Gasteiger partial charge < -0.3 is 24.6 Å². The van der Waals surface area contributed by atoms with Crippen LogP contribution in [-0.2, 0) is 27.9 Å². The molecule has 1 unspecified atom stereocenters. The summed E-state index contributed by atoms with van der Waals surface area (Å²) in [6, 6.07) is 0. The zero-order chi connectivity index (χ0) is 12.6. The number of carbonyl (C=O) groups excluding carboxylic acids is 1. The molecule has 0 aromatic rings. The molecule has 0 aromatic heterocycles. The van der Waals surface area contributed by atoms with Gasteiger partial charge in [-0.25, -0.2) is 9.59 Å². The molecule has 0 rings (SSSR count). The van der Waals surface area contributed by atoms with Gasteiger partial charge >= 0.3 is 19.5 Å². The summed E-state index contributed by atoms with van der Waals surface area (Å²) in [6.45, 7) is 1.22. The Morgan fingerprint density at radius 3 is 2.38 bits per heavy atom. The predicted octanol–water partition coefficient (Wildman–Crippen LogP) is -0.223. The van der Waals surface area contributed by atoms with Gasteiger partial charge in [0.25, 0.3) is 0 Å². The lowest BCUT2D eigenvalue weighted by Gasteiger charge is -2.15. The Kier molecular flexibility index (Phi) is 6.91. The molecule has 0 radical (unpaired) electrons. The van der Waals surface area contributed by atoms with E-state index in [4.69, 9.17) is 19.9 Å². The number of hydrogen-bond donors (Lipinski definition) is 2. The van der Waals surface area contributed by atoms with Crippen LogP contribution in [0.1, 0.15) is 6.92 Å². The molecule has 0 bridgehead atoms. The van der Waals surface area contributed by atoms with Gasteiger partial charge in [0.05, 0.1) is 19.5 Å². The fourth-order valence-corrected chi connectivity index (χ4v) is 1.74. The summed E-state index contributed by atoms with van der Waals surface area (Å²) < 4.78 is 25.3. The number of rotatable bonds is 7. The van der Waals surface area contributed by atoms with Crippen molar-refractivity contribution in [2.45, 2.75) is 6.92 Å². The lowest BCUT2D eigenvalue weighted by atomic mass is 10.7. The molecule has 0 fully saturated rings. The van der Waals surface area contributed by atoms with Crippen molar-refractivity contribution in [1.82, 2.24) is 0 Å². The molecule has 0 saturated carbocycles. The number of carbonyl (C=O) groups is 2. The molecular formula is C7H14NO7P. The molecule has 0 amide bonds. The van der Waals surface area contributed by atoms with E-state index < -0.39 is 19.5 Å². The average Bonchev–Trinajstić information content (AvgIpc) is 2.24. The molecule has 0 aromatic carbocycles. The number of aliphatic carboxylic acids is 1. The molecule has 0 spiro atoms. The van der Waals surface area contributed by atoms with Crippen molar-refractivity contribution < 1.29 is 33.0 Å². The SMILES string of the molecule is CCOP(=O)(CN)OCCOC(=O)C(=O)O. The second-order valence-corrected chi connectivity index (χ2v) is 4.59. The fraction of sp³-hybridized carbons (Fsp3) is 0.714. The van der Waals surface area contributed by atoms with Gasteiger partial charge in [-0.05, 0) is 6.92 Å². The van der Waals surface area contributed by atoms with Crippen LogP contribution in [-0.4, -0.2) is 43.2 Å². The van der Waals surface area contributed by atoms with E-state index in [2.05, 4.69) is 4.74 Å². The first-order valence-corrected chi connectivity index (χ1v) is 6.16. The van der Waals surface area contributed by atoms with Crippen molar-refractivity contribution in [1.29, 1.82) is 0 Å². The maximum Gasteiger partial charge on any atom is 0.417 e. The Morgan fingerprint density at radius 2 is 1.94 bits per heavy atom. The van der Waals surface area contributed by atoms with Crippen molar-refractivity contribution in [2.75, 3.05) is 26.1 Å². The standard InChI is InChI=1S/C7H14NO7P/c1-2-14-16(12,5-8)15-4-3-13-7(11)6(9)10/h2-5,8H2,1H3,(H,9,10). The van der Waals surface area contributed by atoms with E-state index in [1.54, 1.807) is 6.92 Å². The van der Waals surface area contributed by atoms with E-state index in [-0.39, 0.29) is 26.1 Å². The molecule has 0 aliphatic rings. The number of carboxylic acids is 1. The van der Waals surface area contributed by atoms with Crippen molar-refractivity contribution in [3.63, 3.8) is 0 Å². The number of carboxylic acid groups (broad SMARTS) is 1. The van der Waals surface area contributed by atoms with Crippen molar-refractivity contribution in [2.24, 2.45) is 5.73 Å². The molecule has 0 heterocycles. The first-order chi connectivity index (χ1) is 7.45. The highest BCUT2D eigenvalue weighted by Crippen LogP contribution is 2.45. The predicted molar refractivity (Wildman–Crippen MR) is 52.8 cm³/mol. The van der Waals surface area contributed by atoms with E-state index in [0.29, 0.717) is 0 Å². The summed E-state index contributed by atoms with van der Waals surface area (Å²) in [7, 11) is -3.34. The molecule has 0 aliphatic heterocycles. The second kappa shape index (κ2) is 7.34. The van der Waals surface area contributed by atoms with Crippen LogP contribution in [0.3, 0.4) is 0 Å². The largest absolute Gasteiger partial charge is 0.473 e. The molecule has 16 heavy (non-hydrogen) atoms. The van der Waals surface area contributed by atoms with Crippen molar-refractivity contribution in [3.05, 3.63) is 0 Å². The third kappa shape index (κ3) is 5.82. The van der Waals surface area contributed by atoms with Gasteiger partial charge in [-0.3, -0.25) is 4.57 Å². The highest BCUT2D eigenvalue weighted by Gasteiger charge is 2.22. The molecular weight excluding hydrogens is 241 g/mol. The second-order valence-electron chi connectivity index (χ2n) is 2.49. The minimum atomic E-state index is -3.34. The van der Waals surface area contributed by atoms with Crippen LogP contribution in [0.4, 0.5) is 0 Å². The van der Waals surface area contributed by atoms with Crippen LogP contribution in [0.2, 0.25) is 0 Å². The normalized spacial score (nSPS) is 14.1. The first-order valence-electron chi connectivity index (χ1n) is 4.43. The summed E-state index contributed by atoms with van der Waals surface area (Å²) in [5.74, 6) is -3.10. The molecule has 0 aliphatic carbocycles. The van der Waals surface area contributed by atoms with Crippen LogP contribution in [0.25, 0.3) is 0 Å². The molecule has 8 nitrogen and oxygen atoms in total. The number of hydrogen-bond acceptors (Lipinski definition) is 7. The maximum atomic E-state index is 11.5. The zero-order valence-electron chi connectivity index (χ0n) is 8.75. The molecule has 0 saturated heterocycles. The monoisotopic (exact) mass is 255 g/mol. The molecule has 9 heteroatoms. The summed E-state index contributed by atoms with van der Waals surface area (Å²) in [6.07, 6.45) is -0.298. The van der Waals surface area contributed by atoms with Crippen LogP contribution in [0.5, 0.6) is 0 Å². The highest BCUT2D eigenvalue weighted by molar-refractivity contribution is 7.53. The third-order valence-corrected chi connectivity index (χ3v) is 3.00. The van der Waals surface area contributed by atoms with E-state index in [9.17, 15) is 14.2 Å². The lowest BCUT2D eigenvalue weighted by Crippen LogP contribution is -2.19. The Morgan fingerprint density at radius 1 is 1.31 bits per heavy atom. The van der Waals surface area contributed by atoms with Gasteiger partial charge in [-0.15, -0.1) is 0 Å². The third-order valence-electron chi connectivity index (χ3n) is 1.33. The molecule has 1 atom stereocenters. The molecule has 94 valence electrons. The fourth-order valence-electron chi connectivity index (χ4n) is 0.712. The summed E-state index contributed by atoms with van der Waals surface area (Å²) in [5, 5.41) is 8.16. The summed E-state index contributed by atoms with van der Waals surface area (Å²) in [4.78, 5) is 20.5. The van der Waals surface area contributed by atoms with Gasteiger partial charge in [0, 0.05) is 0 Å². The maximum absolute atomic E-state index is 11.5. The quantitative estimate of drug-likeness (QED) is 0.276. The Balaban J connectivity index is 3.84. The Hall–Kier alpha value is -0.950. The van der Waals surface area contributed by atoms with Crippen LogP contribution < -0.4 is 5.73 Å². The lowest BCUT2D eigenvalue weighted by molar-refractivity contribution is -0.164. The van der Waals surface area contributed by atoms with Crippen LogP contribution in [0, 0.1) is 0 Å². The van der Waals surface area contributed by atoms with Crippen LogP contribution >= 0.6 is 7.60 Å². The molecule has 3 N–H and O–H groups in total. The zero-order valence-corrected chi connectivity index (χ0v) is 9.64. The van der Waals surface area contributed by atoms with Crippen LogP contribution in [0.15, 0.2) is 0 Å². The number of nitrogens with two attached hydrogens (primary N) is 1. The minimum Gasteiger partial charge on any atom is -0.473 e. The van der Waals surface area contributed by atoms with Gasteiger partial charge in [-0.1, -0.05) is 0 Å². The smallest absolute Gasteiger partial charge is 0.417 e. The Bertz CT molecular complexity index is 292. The Labute approximate surface area is 92.2 Å². The van der Waals surface area contributed by atoms with Gasteiger partial charge in [0.2, 0.25) is 0 Å². The summed E-state index contributed by atoms with van der Waals surface area (Å²) in [5.41, 5.74) is 5.17. The van der Waals surface area contributed by atoms with E-state index in [1.165, 1.54) is 0 Å². The van der Waals surface area contributed by atoms with E-state index in [1.807, 2.05) is 0 Å². The number of ether oxygens (including phenoxy) is 1. The minimum absolute atomic E-state index is 0.170. The average molecular weight is 255 g/mol. The first kappa shape index (κ1) is 15.0. The van der Waals surface area contributed by atoms with E-state index in [0.717, 1.165) is 0 Å². The van der Waals surface area contributed by atoms with Crippen molar-refractivity contribution >= 4 is 19.5 Å². The highest BCUT2D eigenvalue weighted by atomic mass is 31.2. The van der Waals surface area contributed by atoms with Crippen molar-refractivity contribution in [3.8, 4) is 0 Å². The number of esters is 1. The topological polar surface area (TPSA) is 125 Å². The summed E-state index contributed by atoms with van der Waals surface area (Å²) >= 11 is 0.